The Morgan fingerprint density at radius 3 is 2.27 bits per heavy atom. The molecule has 158 valence electrons. The van der Waals surface area contributed by atoms with Crippen LogP contribution in [-0.4, -0.2) is 43.9 Å². The minimum absolute atomic E-state index is 0.202. The molecule has 30 heavy (non-hydrogen) atoms. The Hall–Kier alpha value is -3.55. The van der Waals surface area contributed by atoms with Gasteiger partial charge >= 0.3 is 5.97 Å². The Balaban J connectivity index is 2.01. The van der Waals surface area contributed by atoms with E-state index in [0.29, 0.717) is 40.7 Å². The van der Waals surface area contributed by atoms with Crippen LogP contribution in [0.4, 0.5) is 0 Å². The highest BCUT2D eigenvalue weighted by atomic mass is 16.5. The number of benzene rings is 2. The van der Waals surface area contributed by atoms with Crippen LogP contribution in [-0.2, 0) is 9.59 Å². The third-order valence-electron chi connectivity index (χ3n) is 4.78. The molecule has 1 heterocycles. The molecule has 2 aromatic rings. The van der Waals surface area contributed by atoms with E-state index in [-0.39, 0.29) is 11.9 Å². The molecular weight excluding hydrogens is 388 g/mol. The van der Waals surface area contributed by atoms with Crippen LogP contribution >= 0.6 is 0 Å². The van der Waals surface area contributed by atoms with Crippen LogP contribution in [0.3, 0.4) is 0 Å². The zero-order chi connectivity index (χ0) is 21.8. The third-order valence-corrected chi connectivity index (χ3v) is 4.78. The molecule has 1 amide bonds. The standard InChI is InChI=1S/C22H24N2O6/c1-13(25)24-19(15-6-9-20(28-4)22(10-15)29-5)12-18(23-24)17-8-7-16(27-3)11-21(17)30-14(2)26/h6-11,19H,12H2,1-5H3/t19-/m1/s1. The van der Waals surface area contributed by atoms with Crippen molar-refractivity contribution in [2.24, 2.45) is 5.10 Å². The molecule has 1 aliphatic heterocycles. The lowest BCUT2D eigenvalue weighted by Crippen LogP contribution is -2.24. The quantitative estimate of drug-likeness (QED) is 0.534. The number of hydrogen-bond donors (Lipinski definition) is 0. The van der Waals surface area contributed by atoms with E-state index in [0.717, 1.165) is 5.56 Å². The second-order valence-corrected chi connectivity index (χ2v) is 6.70. The van der Waals surface area contributed by atoms with E-state index in [2.05, 4.69) is 5.10 Å². The van der Waals surface area contributed by atoms with Gasteiger partial charge < -0.3 is 18.9 Å². The van der Waals surface area contributed by atoms with Crippen molar-refractivity contribution >= 4 is 17.6 Å². The first-order chi connectivity index (χ1) is 14.4. The SMILES string of the molecule is COc1ccc(C2=NN(C(C)=O)[C@@H](c3ccc(OC)c(OC)c3)C2)c(OC(C)=O)c1. The predicted octanol–water partition coefficient (Wildman–Crippen LogP) is 3.34. The average molecular weight is 412 g/mol. The number of amides is 1. The molecule has 0 aromatic heterocycles. The first-order valence-corrected chi connectivity index (χ1v) is 9.34. The topological polar surface area (TPSA) is 86.7 Å². The van der Waals surface area contributed by atoms with Crippen molar-refractivity contribution in [2.75, 3.05) is 21.3 Å². The number of carbonyl (C=O) groups is 2. The highest BCUT2D eigenvalue weighted by molar-refractivity contribution is 6.05. The maximum absolute atomic E-state index is 12.3. The summed E-state index contributed by atoms with van der Waals surface area (Å²) in [5.41, 5.74) is 2.10. The van der Waals surface area contributed by atoms with Gasteiger partial charge in [0.05, 0.1) is 33.1 Å². The van der Waals surface area contributed by atoms with E-state index in [4.69, 9.17) is 18.9 Å². The summed E-state index contributed by atoms with van der Waals surface area (Å²) < 4.78 is 21.3. The van der Waals surface area contributed by atoms with Crippen molar-refractivity contribution in [2.45, 2.75) is 26.3 Å². The van der Waals surface area contributed by atoms with Crippen LogP contribution in [0.2, 0.25) is 0 Å². The van der Waals surface area contributed by atoms with E-state index in [1.165, 1.54) is 26.0 Å². The number of esters is 1. The molecule has 0 saturated heterocycles. The molecule has 0 radical (unpaired) electrons. The van der Waals surface area contributed by atoms with Gasteiger partial charge in [0.1, 0.15) is 11.5 Å². The van der Waals surface area contributed by atoms with Gasteiger partial charge in [0.25, 0.3) is 0 Å². The molecular formula is C22H24N2O6. The summed E-state index contributed by atoms with van der Waals surface area (Å²) in [4.78, 5) is 23.9. The average Bonchev–Trinajstić information content (AvgIpc) is 3.18. The van der Waals surface area contributed by atoms with Crippen LogP contribution < -0.4 is 18.9 Å². The number of ether oxygens (including phenoxy) is 4. The molecule has 0 bridgehead atoms. The van der Waals surface area contributed by atoms with Gasteiger partial charge in [0.15, 0.2) is 11.5 Å². The second-order valence-electron chi connectivity index (χ2n) is 6.70. The monoisotopic (exact) mass is 412 g/mol. The number of nitrogens with zero attached hydrogens (tertiary/aromatic N) is 2. The summed E-state index contributed by atoms with van der Waals surface area (Å²) in [6, 6.07) is 10.3. The summed E-state index contributed by atoms with van der Waals surface area (Å²) in [6.07, 6.45) is 0.440. The van der Waals surface area contributed by atoms with Gasteiger partial charge in [-0.3, -0.25) is 9.59 Å². The lowest BCUT2D eigenvalue weighted by Gasteiger charge is -2.21. The van der Waals surface area contributed by atoms with Crippen LogP contribution in [0.1, 0.15) is 37.4 Å². The smallest absolute Gasteiger partial charge is 0.308 e. The Bertz CT molecular complexity index is 1000. The van der Waals surface area contributed by atoms with Crippen molar-refractivity contribution in [3.05, 3.63) is 47.5 Å². The molecule has 0 unspecified atom stereocenters. The summed E-state index contributed by atoms with van der Waals surface area (Å²) in [5, 5.41) is 5.96. The minimum Gasteiger partial charge on any atom is -0.497 e. The number of carbonyl (C=O) groups excluding carboxylic acids is 2. The fourth-order valence-corrected chi connectivity index (χ4v) is 3.39. The lowest BCUT2D eigenvalue weighted by atomic mass is 9.97. The van der Waals surface area contributed by atoms with Crippen molar-refractivity contribution < 1.29 is 28.5 Å². The molecule has 3 rings (SSSR count). The molecule has 0 aliphatic carbocycles. The highest BCUT2D eigenvalue weighted by Crippen LogP contribution is 2.39. The normalized spacial score (nSPS) is 15.4. The Labute approximate surface area is 175 Å². The summed E-state index contributed by atoms with van der Waals surface area (Å²) in [7, 11) is 4.66. The summed E-state index contributed by atoms with van der Waals surface area (Å²) >= 11 is 0. The Morgan fingerprint density at radius 2 is 1.67 bits per heavy atom. The Morgan fingerprint density at radius 1 is 0.933 bits per heavy atom. The second kappa shape index (κ2) is 8.86. The minimum atomic E-state index is -0.456. The van der Waals surface area contributed by atoms with Gasteiger partial charge in [0, 0.05) is 31.9 Å². The number of rotatable bonds is 6. The number of methoxy groups -OCH3 is 3. The summed E-state index contributed by atoms with van der Waals surface area (Å²) in [6.45, 7) is 2.79. The zero-order valence-electron chi connectivity index (χ0n) is 17.6. The van der Waals surface area contributed by atoms with Crippen LogP contribution in [0.15, 0.2) is 41.5 Å². The van der Waals surface area contributed by atoms with Crippen molar-refractivity contribution in [3.8, 4) is 23.0 Å². The molecule has 8 nitrogen and oxygen atoms in total. The van der Waals surface area contributed by atoms with Crippen LogP contribution in [0.5, 0.6) is 23.0 Å². The van der Waals surface area contributed by atoms with Crippen molar-refractivity contribution in [1.82, 2.24) is 5.01 Å². The van der Waals surface area contributed by atoms with Gasteiger partial charge in [-0.15, -0.1) is 0 Å². The van der Waals surface area contributed by atoms with E-state index < -0.39 is 5.97 Å². The third kappa shape index (κ3) is 4.22. The molecule has 0 saturated carbocycles. The fraction of sp³-hybridized carbons (Fsp3) is 0.318. The molecule has 1 aliphatic rings. The molecule has 1 atom stereocenters. The van der Waals surface area contributed by atoms with E-state index in [1.54, 1.807) is 38.5 Å². The van der Waals surface area contributed by atoms with Gasteiger partial charge in [-0.1, -0.05) is 6.07 Å². The maximum atomic E-state index is 12.3. The predicted molar refractivity (Wildman–Crippen MR) is 110 cm³/mol. The first-order valence-electron chi connectivity index (χ1n) is 9.34. The Kier molecular flexibility index (Phi) is 6.25. The number of hydrazone groups is 1. The van der Waals surface area contributed by atoms with E-state index >= 15 is 0 Å². The van der Waals surface area contributed by atoms with Gasteiger partial charge in [-0.25, -0.2) is 5.01 Å². The molecule has 8 heteroatoms. The van der Waals surface area contributed by atoms with E-state index in [1.807, 2.05) is 12.1 Å². The van der Waals surface area contributed by atoms with Crippen molar-refractivity contribution in [1.29, 1.82) is 0 Å². The van der Waals surface area contributed by atoms with Gasteiger partial charge in [0.2, 0.25) is 5.91 Å². The van der Waals surface area contributed by atoms with Crippen molar-refractivity contribution in [3.63, 3.8) is 0 Å². The maximum Gasteiger partial charge on any atom is 0.308 e. The fourth-order valence-electron chi connectivity index (χ4n) is 3.39. The van der Waals surface area contributed by atoms with Gasteiger partial charge in [-0.05, 0) is 29.8 Å². The lowest BCUT2D eigenvalue weighted by molar-refractivity contribution is -0.132. The van der Waals surface area contributed by atoms with E-state index in [9.17, 15) is 9.59 Å². The first kappa shape index (κ1) is 21.2. The summed E-state index contributed by atoms with van der Waals surface area (Å²) in [5.74, 6) is 1.39. The van der Waals surface area contributed by atoms with Crippen LogP contribution in [0.25, 0.3) is 0 Å². The molecule has 0 fully saturated rings. The molecule has 0 N–H and O–H groups in total. The molecule has 0 spiro atoms. The molecule has 2 aromatic carbocycles. The van der Waals surface area contributed by atoms with Gasteiger partial charge in [-0.2, -0.15) is 5.10 Å². The number of hydrogen-bond acceptors (Lipinski definition) is 7. The largest absolute Gasteiger partial charge is 0.497 e. The zero-order valence-corrected chi connectivity index (χ0v) is 17.6. The highest BCUT2D eigenvalue weighted by Gasteiger charge is 2.33. The van der Waals surface area contributed by atoms with Crippen LogP contribution in [0, 0.1) is 0 Å².